The highest BCUT2D eigenvalue weighted by molar-refractivity contribution is 5.34. The van der Waals surface area contributed by atoms with Crippen LogP contribution in [0.15, 0.2) is 18.2 Å². The first-order valence-electron chi connectivity index (χ1n) is 6.69. The molecule has 0 aromatic heterocycles. The SMILES string of the molecule is COC1(C(Cc2c(C)cccc2C)NN)CCC1. The first-order chi connectivity index (χ1) is 8.63. The maximum Gasteiger partial charge on any atom is 0.0847 e. The Hall–Kier alpha value is -0.900. The van der Waals surface area contributed by atoms with Crippen molar-refractivity contribution < 1.29 is 4.74 Å². The highest BCUT2D eigenvalue weighted by atomic mass is 16.5. The van der Waals surface area contributed by atoms with Crippen molar-refractivity contribution in [3.63, 3.8) is 0 Å². The van der Waals surface area contributed by atoms with E-state index in [2.05, 4.69) is 37.5 Å². The lowest BCUT2D eigenvalue weighted by Crippen LogP contribution is -2.59. The van der Waals surface area contributed by atoms with Crippen LogP contribution in [0.4, 0.5) is 0 Å². The van der Waals surface area contributed by atoms with E-state index in [1.165, 1.54) is 23.1 Å². The van der Waals surface area contributed by atoms with Crippen molar-refractivity contribution in [2.75, 3.05) is 7.11 Å². The van der Waals surface area contributed by atoms with Gasteiger partial charge in [0.25, 0.3) is 0 Å². The normalized spacial score (nSPS) is 19.3. The molecule has 1 saturated carbocycles. The molecule has 0 amide bonds. The van der Waals surface area contributed by atoms with Crippen LogP contribution in [0.5, 0.6) is 0 Å². The molecule has 0 bridgehead atoms. The predicted octanol–water partition coefficient (Wildman–Crippen LogP) is 2.25. The van der Waals surface area contributed by atoms with Crippen LogP contribution < -0.4 is 11.3 Å². The fourth-order valence-electron chi connectivity index (χ4n) is 2.99. The van der Waals surface area contributed by atoms with E-state index in [1.807, 2.05) is 0 Å². The van der Waals surface area contributed by atoms with E-state index in [4.69, 9.17) is 10.6 Å². The van der Waals surface area contributed by atoms with Crippen molar-refractivity contribution in [1.29, 1.82) is 0 Å². The lowest BCUT2D eigenvalue weighted by molar-refractivity contribution is -0.0982. The smallest absolute Gasteiger partial charge is 0.0847 e. The monoisotopic (exact) mass is 248 g/mol. The number of hydrogen-bond acceptors (Lipinski definition) is 3. The second-order valence-electron chi connectivity index (χ2n) is 5.42. The molecule has 3 nitrogen and oxygen atoms in total. The number of hydrogen-bond donors (Lipinski definition) is 2. The molecule has 0 heterocycles. The third-order valence-electron chi connectivity index (χ3n) is 4.50. The Morgan fingerprint density at radius 2 is 1.94 bits per heavy atom. The Balaban J connectivity index is 2.20. The highest BCUT2D eigenvalue weighted by Gasteiger charge is 2.44. The van der Waals surface area contributed by atoms with E-state index in [-0.39, 0.29) is 11.6 Å². The third-order valence-corrected chi connectivity index (χ3v) is 4.50. The van der Waals surface area contributed by atoms with Gasteiger partial charge in [-0.1, -0.05) is 18.2 Å². The molecule has 3 heteroatoms. The van der Waals surface area contributed by atoms with Crippen molar-refractivity contribution in [2.24, 2.45) is 5.84 Å². The minimum atomic E-state index is -0.0660. The summed E-state index contributed by atoms with van der Waals surface area (Å²) in [7, 11) is 1.80. The Morgan fingerprint density at radius 3 is 2.33 bits per heavy atom. The molecule has 1 aliphatic rings. The van der Waals surface area contributed by atoms with Crippen LogP contribution >= 0.6 is 0 Å². The maximum absolute atomic E-state index is 5.76. The zero-order valence-electron chi connectivity index (χ0n) is 11.6. The van der Waals surface area contributed by atoms with Crippen LogP contribution in [-0.2, 0) is 11.2 Å². The van der Waals surface area contributed by atoms with E-state index < -0.39 is 0 Å². The fourth-order valence-corrected chi connectivity index (χ4v) is 2.99. The molecule has 1 aromatic rings. The van der Waals surface area contributed by atoms with Crippen molar-refractivity contribution in [2.45, 2.75) is 51.2 Å². The molecule has 18 heavy (non-hydrogen) atoms. The summed E-state index contributed by atoms with van der Waals surface area (Å²) < 4.78 is 5.74. The Labute approximate surface area is 110 Å². The summed E-state index contributed by atoms with van der Waals surface area (Å²) in [5.41, 5.74) is 6.97. The topological polar surface area (TPSA) is 47.3 Å². The largest absolute Gasteiger partial charge is 0.377 e. The molecule has 3 N–H and O–H groups in total. The number of rotatable bonds is 5. The summed E-state index contributed by atoms with van der Waals surface area (Å²) in [5, 5.41) is 0. The molecule has 100 valence electrons. The summed E-state index contributed by atoms with van der Waals surface area (Å²) >= 11 is 0. The molecule has 1 fully saturated rings. The van der Waals surface area contributed by atoms with E-state index in [0.717, 1.165) is 19.3 Å². The first-order valence-corrected chi connectivity index (χ1v) is 6.69. The van der Waals surface area contributed by atoms with Gasteiger partial charge in [-0.3, -0.25) is 11.3 Å². The van der Waals surface area contributed by atoms with Crippen molar-refractivity contribution in [3.8, 4) is 0 Å². The summed E-state index contributed by atoms with van der Waals surface area (Å²) in [6, 6.07) is 6.62. The molecular formula is C15H24N2O. The highest BCUT2D eigenvalue weighted by Crippen LogP contribution is 2.39. The van der Waals surface area contributed by atoms with Gasteiger partial charge in [0.15, 0.2) is 0 Å². The molecule has 1 aliphatic carbocycles. The lowest BCUT2D eigenvalue weighted by Gasteiger charge is -2.46. The van der Waals surface area contributed by atoms with Crippen LogP contribution in [-0.4, -0.2) is 18.8 Å². The lowest BCUT2D eigenvalue weighted by atomic mass is 9.72. The van der Waals surface area contributed by atoms with Crippen LogP contribution in [0.3, 0.4) is 0 Å². The zero-order valence-corrected chi connectivity index (χ0v) is 11.6. The molecule has 0 spiro atoms. The summed E-state index contributed by atoms with van der Waals surface area (Å²) in [6.07, 6.45) is 4.37. The number of benzene rings is 1. The molecule has 0 aliphatic heterocycles. The zero-order chi connectivity index (χ0) is 13.2. The quantitative estimate of drug-likeness (QED) is 0.620. The first kappa shape index (κ1) is 13.5. The average Bonchev–Trinajstić information content (AvgIpc) is 2.30. The van der Waals surface area contributed by atoms with E-state index in [1.54, 1.807) is 7.11 Å². The molecule has 0 saturated heterocycles. The van der Waals surface area contributed by atoms with Crippen molar-refractivity contribution >= 4 is 0 Å². The third kappa shape index (κ3) is 2.30. The van der Waals surface area contributed by atoms with E-state index >= 15 is 0 Å². The van der Waals surface area contributed by atoms with E-state index in [9.17, 15) is 0 Å². The summed E-state index contributed by atoms with van der Waals surface area (Å²) in [5.74, 6) is 5.76. The minimum absolute atomic E-state index is 0.0660. The van der Waals surface area contributed by atoms with Gasteiger partial charge >= 0.3 is 0 Å². The number of hydrazine groups is 1. The van der Waals surface area contributed by atoms with Crippen molar-refractivity contribution in [1.82, 2.24) is 5.43 Å². The fraction of sp³-hybridized carbons (Fsp3) is 0.600. The molecule has 2 rings (SSSR count). The van der Waals surface area contributed by atoms with Gasteiger partial charge in [0, 0.05) is 7.11 Å². The number of ether oxygens (including phenoxy) is 1. The molecular weight excluding hydrogens is 224 g/mol. The number of aryl methyl sites for hydroxylation is 2. The second-order valence-corrected chi connectivity index (χ2v) is 5.42. The Kier molecular flexibility index (Phi) is 4.05. The van der Waals surface area contributed by atoms with Gasteiger partial charge < -0.3 is 4.74 Å². The number of methoxy groups -OCH3 is 1. The Morgan fingerprint density at radius 1 is 1.33 bits per heavy atom. The van der Waals surface area contributed by atoms with Gasteiger partial charge in [-0.25, -0.2) is 0 Å². The predicted molar refractivity (Wildman–Crippen MR) is 74.3 cm³/mol. The molecule has 1 atom stereocenters. The van der Waals surface area contributed by atoms with Crippen LogP contribution in [0, 0.1) is 13.8 Å². The average molecular weight is 248 g/mol. The van der Waals surface area contributed by atoms with Gasteiger partial charge in [-0.05, 0) is 56.2 Å². The van der Waals surface area contributed by atoms with Crippen molar-refractivity contribution in [3.05, 3.63) is 34.9 Å². The number of nitrogens with one attached hydrogen (secondary N) is 1. The van der Waals surface area contributed by atoms with Crippen LogP contribution in [0.1, 0.15) is 36.0 Å². The second kappa shape index (κ2) is 5.39. The standard InChI is InChI=1S/C15H24N2O/c1-11-6-4-7-12(2)13(11)10-14(17-16)15(18-3)8-5-9-15/h4,6-7,14,17H,5,8-10,16H2,1-3H3. The molecule has 1 aromatic carbocycles. The van der Waals surface area contributed by atoms with Crippen LogP contribution in [0.25, 0.3) is 0 Å². The van der Waals surface area contributed by atoms with E-state index in [0.29, 0.717) is 0 Å². The number of nitrogens with two attached hydrogens (primary N) is 1. The minimum Gasteiger partial charge on any atom is -0.377 e. The molecule has 0 radical (unpaired) electrons. The maximum atomic E-state index is 5.76. The van der Waals surface area contributed by atoms with Gasteiger partial charge in [0.05, 0.1) is 11.6 Å². The van der Waals surface area contributed by atoms with Crippen LogP contribution in [0.2, 0.25) is 0 Å². The molecule has 1 unspecified atom stereocenters. The Bertz CT molecular complexity index is 387. The van der Waals surface area contributed by atoms with Gasteiger partial charge in [-0.2, -0.15) is 0 Å². The summed E-state index contributed by atoms with van der Waals surface area (Å²) in [6.45, 7) is 4.33. The van der Waals surface area contributed by atoms with Gasteiger partial charge in [-0.15, -0.1) is 0 Å². The van der Waals surface area contributed by atoms with Gasteiger partial charge in [0.2, 0.25) is 0 Å². The summed E-state index contributed by atoms with van der Waals surface area (Å²) in [4.78, 5) is 0. The van der Waals surface area contributed by atoms with Gasteiger partial charge in [0.1, 0.15) is 0 Å².